The van der Waals surface area contributed by atoms with Crippen LogP contribution in [0.15, 0.2) is 0 Å². The van der Waals surface area contributed by atoms with Gasteiger partial charge in [0.2, 0.25) is 23.5 Å². The first kappa shape index (κ1) is 32.9. The minimum atomic E-state index is -2.52. The van der Waals surface area contributed by atoms with Gasteiger partial charge in [-0.1, -0.05) is 0 Å². The Kier molecular flexibility index (Phi) is 13.6. The lowest BCUT2D eigenvalue weighted by Gasteiger charge is -2.45. The summed E-state index contributed by atoms with van der Waals surface area (Å²) in [7, 11) is 0. The number of halogens is 1. The van der Waals surface area contributed by atoms with Gasteiger partial charge in [-0.05, 0) is 33.1 Å². The number of alkyl halides is 1. The number of nitrogens with one attached hydrogen (secondary N) is 4. The summed E-state index contributed by atoms with van der Waals surface area (Å²) >= 11 is 5.68. The third-order valence-corrected chi connectivity index (χ3v) is 5.98. The summed E-state index contributed by atoms with van der Waals surface area (Å²) in [5, 5.41) is 68.1. The van der Waals surface area contributed by atoms with E-state index in [0.29, 0.717) is 12.8 Å². The largest absolute Gasteiger partial charge is 0.480 e. The highest BCUT2D eigenvalue weighted by molar-refractivity contribution is 6.17. The molecule has 37 heavy (non-hydrogen) atoms. The molecule has 0 aromatic heterocycles. The molecule has 1 aliphatic heterocycles. The van der Waals surface area contributed by atoms with Crippen LogP contribution in [0.25, 0.3) is 0 Å². The predicted octanol–water partition coefficient (Wildman–Crippen LogP) is -3.93. The molecule has 1 fully saturated rings. The third kappa shape index (κ3) is 9.94. The van der Waals surface area contributed by atoms with Gasteiger partial charge in [0, 0.05) is 6.54 Å². The predicted molar refractivity (Wildman–Crippen MR) is 127 cm³/mol. The number of aliphatic hydroxyl groups excluding tert-OH is 4. The summed E-state index contributed by atoms with van der Waals surface area (Å²) in [6.45, 7) is 2.06. The summed E-state index contributed by atoms with van der Waals surface area (Å²) in [6, 6.07) is -2.95. The lowest BCUT2D eigenvalue weighted by atomic mass is 9.90. The van der Waals surface area contributed by atoms with Gasteiger partial charge in [0.15, 0.2) is 0 Å². The second kappa shape index (κ2) is 15.3. The van der Waals surface area contributed by atoms with Gasteiger partial charge >= 0.3 is 5.97 Å². The third-order valence-electron chi connectivity index (χ3n) is 5.83. The van der Waals surface area contributed by atoms with Crippen LogP contribution in [0.2, 0.25) is 0 Å². The van der Waals surface area contributed by atoms with Crippen LogP contribution in [0.1, 0.15) is 39.5 Å². The van der Waals surface area contributed by atoms with Crippen LogP contribution in [0.5, 0.6) is 0 Å². The van der Waals surface area contributed by atoms with Gasteiger partial charge in [0.1, 0.15) is 36.5 Å². The standard InChI is InChI=1S/C21H37ClN4O11/c1-10(18(32)26-11(2)20(34)35)25-19(33)12(24-9-22)5-3-4-6-23-14(28)7-21(36)17(31)16(30)15(29)13(8-27)37-21/h10-13,15-17,24,27,29-31,36H,3-9H2,1-2H3,(H,23,28)(H,25,33)(H,26,32)(H,34,35)/t10-,11-,12-,13+,15-,16-,17+,21-/m0/s1. The van der Waals surface area contributed by atoms with E-state index < -0.39 is 85.0 Å². The Labute approximate surface area is 218 Å². The fraction of sp³-hybridized carbons (Fsp3) is 0.810. The molecule has 15 nitrogen and oxygen atoms in total. The number of hydrogen-bond acceptors (Lipinski definition) is 11. The van der Waals surface area contributed by atoms with Crippen molar-refractivity contribution in [2.45, 2.75) is 87.9 Å². The van der Waals surface area contributed by atoms with Gasteiger partial charge in [-0.3, -0.25) is 24.5 Å². The van der Waals surface area contributed by atoms with Crippen LogP contribution in [0.4, 0.5) is 0 Å². The molecule has 0 radical (unpaired) electrons. The Morgan fingerprint density at radius 1 is 1.00 bits per heavy atom. The van der Waals surface area contributed by atoms with Gasteiger partial charge in [-0.15, -0.1) is 11.6 Å². The van der Waals surface area contributed by atoms with E-state index in [1.165, 1.54) is 13.8 Å². The van der Waals surface area contributed by atoms with Crippen molar-refractivity contribution < 1.29 is 54.6 Å². The molecular formula is C21H37ClN4O11. The molecule has 1 heterocycles. The molecule has 10 N–H and O–H groups in total. The van der Waals surface area contributed by atoms with Gasteiger partial charge in [0.05, 0.1) is 25.1 Å². The maximum Gasteiger partial charge on any atom is 0.325 e. The summed E-state index contributed by atoms with van der Waals surface area (Å²) in [6.07, 6.45) is -6.54. The van der Waals surface area contributed by atoms with Gasteiger partial charge < -0.3 is 51.3 Å². The van der Waals surface area contributed by atoms with Crippen LogP contribution in [-0.2, 0) is 23.9 Å². The number of amides is 3. The number of unbranched alkanes of at least 4 members (excludes halogenated alkanes) is 1. The molecule has 1 saturated heterocycles. The topological polar surface area (TPSA) is 247 Å². The first-order valence-electron chi connectivity index (χ1n) is 11.7. The Hall–Kier alpha value is -2.11. The van der Waals surface area contributed by atoms with E-state index in [2.05, 4.69) is 21.3 Å². The molecule has 1 rings (SSSR count). The summed E-state index contributed by atoms with van der Waals surface area (Å²) < 4.78 is 5.04. The molecule has 8 atom stereocenters. The summed E-state index contributed by atoms with van der Waals surface area (Å²) in [5.41, 5.74) is 0. The fourth-order valence-corrected chi connectivity index (χ4v) is 3.75. The van der Waals surface area contributed by atoms with Crippen molar-refractivity contribution in [1.82, 2.24) is 21.3 Å². The van der Waals surface area contributed by atoms with Crippen molar-refractivity contribution in [3.05, 3.63) is 0 Å². The zero-order valence-electron chi connectivity index (χ0n) is 20.6. The molecule has 0 saturated carbocycles. The molecule has 0 aromatic carbocycles. The fourth-order valence-electron chi connectivity index (χ4n) is 3.56. The van der Waals surface area contributed by atoms with E-state index >= 15 is 0 Å². The van der Waals surface area contributed by atoms with E-state index in [0.717, 1.165) is 0 Å². The molecule has 0 bridgehead atoms. The number of carboxylic acids is 1. The van der Waals surface area contributed by atoms with E-state index in [4.69, 9.17) is 21.4 Å². The van der Waals surface area contributed by atoms with Crippen molar-refractivity contribution in [1.29, 1.82) is 0 Å². The van der Waals surface area contributed by atoms with Crippen LogP contribution in [0.3, 0.4) is 0 Å². The number of hydrogen-bond donors (Lipinski definition) is 10. The number of aliphatic carboxylic acids is 1. The van der Waals surface area contributed by atoms with Crippen LogP contribution in [-0.4, -0.2) is 122 Å². The molecular weight excluding hydrogens is 520 g/mol. The SMILES string of the molecule is C[C@H](NC(=O)[C@H](C)NC(=O)[C@H](CCCCNC(=O)C[C@]1(O)O[C@H](CO)[C@H](O)[C@H](O)[C@H]1O)NCCl)C(=O)O. The van der Waals surface area contributed by atoms with Crippen molar-refractivity contribution in [2.24, 2.45) is 0 Å². The van der Waals surface area contributed by atoms with Crippen molar-refractivity contribution in [3.8, 4) is 0 Å². The first-order valence-corrected chi connectivity index (χ1v) is 12.3. The maximum absolute atomic E-state index is 12.5. The lowest BCUT2D eigenvalue weighted by molar-refractivity contribution is -0.348. The number of carbonyl (C=O) groups excluding carboxylic acids is 3. The molecule has 16 heteroatoms. The maximum atomic E-state index is 12.5. The van der Waals surface area contributed by atoms with Gasteiger partial charge in [-0.25, -0.2) is 0 Å². The normalized spacial score (nSPS) is 28.0. The molecule has 0 aliphatic carbocycles. The molecule has 0 unspecified atom stereocenters. The zero-order valence-corrected chi connectivity index (χ0v) is 21.3. The van der Waals surface area contributed by atoms with Crippen LogP contribution >= 0.6 is 11.6 Å². The number of aliphatic hydroxyl groups is 5. The highest BCUT2D eigenvalue weighted by atomic mass is 35.5. The molecule has 0 spiro atoms. The Morgan fingerprint density at radius 3 is 2.19 bits per heavy atom. The highest BCUT2D eigenvalue weighted by Gasteiger charge is 2.53. The number of rotatable bonds is 15. The van der Waals surface area contributed by atoms with Crippen LogP contribution < -0.4 is 21.3 Å². The highest BCUT2D eigenvalue weighted by Crippen LogP contribution is 2.30. The summed E-state index contributed by atoms with van der Waals surface area (Å²) in [5.74, 6) is -5.67. The molecule has 1 aliphatic rings. The smallest absolute Gasteiger partial charge is 0.325 e. The number of ether oxygens (including phenoxy) is 1. The Bertz CT molecular complexity index is 790. The Balaban J connectivity index is 2.48. The van der Waals surface area contributed by atoms with E-state index in [1.807, 2.05) is 0 Å². The average molecular weight is 557 g/mol. The monoisotopic (exact) mass is 556 g/mol. The molecule has 214 valence electrons. The van der Waals surface area contributed by atoms with Crippen molar-refractivity contribution >= 4 is 35.3 Å². The van der Waals surface area contributed by atoms with E-state index in [1.54, 1.807) is 0 Å². The second-order valence-electron chi connectivity index (χ2n) is 8.82. The molecule has 3 amide bonds. The lowest BCUT2D eigenvalue weighted by Crippen LogP contribution is -2.66. The first-order chi connectivity index (χ1) is 17.3. The second-order valence-corrected chi connectivity index (χ2v) is 9.09. The quantitative estimate of drug-likeness (QED) is 0.0527. The van der Waals surface area contributed by atoms with E-state index in [-0.39, 0.29) is 19.0 Å². The minimum absolute atomic E-state index is 0.0538. The zero-order chi connectivity index (χ0) is 28.3. The summed E-state index contributed by atoms with van der Waals surface area (Å²) in [4.78, 5) is 47.6. The average Bonchev–Trinajstić information content (AvgIpc) is 2.83. The number of carbonyl (C=O) groups is 4. The van der Waals surface area contributed by atoms with Gasteiger partial charge in [0.25, 0.3) is 0 Å². The van der Waals surface area contributed by atoms with Gasteiger partial charge in [-0.2, -0.15) is 0 Å². The molecule has 0 aromatic rings. The Morgan fingerprint density at radius 2 is 1.62 bits per heavy atom. The van der Waals surface area contributed by atoms with Crippen molar-refractivity contribution in [2.75, 3.05) is 19.2 Å². The van der Waals surface area contributed by atoms with E-state index in [9.17, 15) is 44.7 Å². The van der Waals surface area contributed by atoms with Crippen LogP contribution in [0, 0.1) is 0 Å². The van der Waals surface area contributed by atoms with Crippen molar-refractivity contribution in [3.63, 3.8) is 0 Å². The number of carboxylic acid groups (broad SMARTS) is 1. The minimum Gasteiger partial charge on any atom is -0.480 e.